The van der Waals surface area contributed by atoms with Crippen LogP contribution >= 0.6 is 12.4 Å². The predicted molar refractivity (Wildman–Crippen MR) is 63.9 cm³/mol. The van der Waals surface area contributed by atoms with Crippen LogP contribution in [-0.2, 0) is 9.47 Å². The van der Waals surface area contributed by atoms with Gasteiger partial charge in [-0.1, -0.05) is 0 Å². The second-order valence-corrected chi connectivity index (χ2v) is 3.55. The van der Waals surface area contributed by atoms with Crippen LogP contribution in [0.3, 0.4) is 0 Å². The summed E-state index contributed by atoms with van der Waals surface area (Å²) in [6.07, 6.45) is 1.25. The zero-order chi connectivity index (χ0) is 10.1. The molecule has 1 heterocycles. The lowest BCUT2D eigenvalue weighted by atomic mass is 10.4. The molecule has 0 radical (unpaired) electrons. The Morgan fingerprint density at radius 2 is 2.00 bits per heavy atom. The van der Waals surface area contributed by atoms with Crippen molar-refractivity contribution in [1.82, 2.24) is 10.2 Å². The molecule has 0 aromatic carbocycles. The van der Waals surface area contributed by atoms with Gasteiger partial charge in [0, 0.05) is 26.7 Å². The Labute approximate surface area is 98.7 Å². The first-order chi connectivity index (χ1) is 6.93. The van der Waals surface area contributed by atoms with Crippen molar-refractivity contribution >= 4 is 12.4 Å². The van der Waals surface area contributed by atoms with Crippen molar-refractivity contribution in [3.05, 3.63) is 0 Å². The molecule has 0 amide bonds. The van der Waals surface area contributed by atoms with E-state index >= 15 is 0 Å². The predicted octanol–water partition coefficient (Wildman–Crippen LogP) is 0.366. The highest BCUT2D eigenvalue weighted by Gasteiger charge is 2.07. The van der Waals surface area contributed by atoms with Gasteiger partial charge in [-0.3, -0.25) is 4.90 Å². The molecule has 1 N–H and O–H groups in total. The third kappa shape index (κ3) is 7.99. The second kappa shape index (κ2) is 10.6. The lowest BCUT2D eigenvalue weighted by molar-refractivity contribution is 0.0581. The molecule has 4 nitrogen and oxygen atoms in total. The SMILES string of the molecule is COCCOCCN1CCCNCC1.Cl. The van der Waals surface area contributed by atoms with Crippen molar-refractivity contribution in [2.45, 2.75) is 6.42 Å². The number of hydrogen-bond donors (Lipinski definition) is 1. The fraction of sp³-hybridized carbons (Fsp3) is 1.00. The summed E-state index contributed by atoms with van der Waals surface area (Å²) < 4.78 is 10.3. The van der Waals surface area contributed by atoms with Crippen LogP contribution < -0.4 is 5.32 Å². The summed E-state index contributed by atoms with van der Waals surface area (Å²) >= 11 is 0. The maximum Gasteiger partial charge on any atom is 0.0700 e. The topological polar surface area (TPSA) is 33.7 Å². The van der Waals surface area contributed by atoms with Gasteiger partial charge in [-0.25, -0.2) is 0 Å². The summed E-state index contributed by atoms with van der Waals surface area (Å²) in [7, 11) is 1.70. The fourth-order valence-corrected chi connectivity index (χ4v) is 1.56. The Kier molecular flexibility index (Phi) is 10.7. The molecule has 0 atom stereocenters. The van der Waals surface area contributed by atoms with E-state index in [0.29, 0.717) is 13.2 Å². The minimum atomic E-state index is 0. The third-order valence-corrected chi connectivity index (χ3v) is 2.42. The van der Waals surface area contributed by atoms with Crippen molar-refractivity contribution in [2.24, 2.45) is 0 Å². The summed E-state index contributed by atoms with van der Waals surface area (Å²) in [5.41, 5.74) is 0. The molecule has 0 unspecified atom stereocenters. The molecule has 1 aliphatic rings. The molecule has 1 aliphatic heterocycles. The Morgan fingerprint density at radius 3 is 2.80 bits per heavy atom. The van der Waals surface area contributed by atoms with Crippen LogP contribution in [0.15, 0.2) is 0 Å². The molecule has 0 aromatic rings. The highest BCUT2D eigenvalue weighted by molar-refractivity contribution is 5.85. The molecule has 92 valence electrons. The molecule has 1 saturated heterocycles. The van der Waals surface area contributed by atoms with Crippen LogP contribution in [0.2, 0.25) is 0 Å². The molecular weight excluding hydrogens is 216 g/mol. The van der Waals surface area contributed by atoms with Gasteiger partial charge in [-0.2, -0.15) is 0 Å². The third-order valence-electron chi connectivity index (χ3n) is 2.42. The largest absolute Gasteiger partial charge is 0.382 e. The Hall–Kier alpha value is 0.130. The van der Waals surface area contributed by atoms with E-state index in [1.165, 1.54) is 13.0 Å². The first-order valence-corrected chi connectivity index (χ1v) is 5.43. The molecule has 15 heavy (non-hydrogen) atoms. The summed E-state index contributed by atoms with van der Waals surface area (Å²) in [6, 6.07) is 0. The molecule has 1 rings (SSSR count). The van der Waals surface area contributed by atoms with Crippen molar-refractivity contribution in [3.8, 4) is 0 Å². The van der Waals surface area contributed by atoms with E-state index in [9.17, 15) is 0 Å². The number of hydrogen-bond acceptors (Lipinski definition) is 4. The van der Waals surface area contributed by atoms with Crippen LogP contribution in [0, 0.1) is 0 Å². The van der Waals surface area contributed by atoms with Gasteiger partial charge in [0.1, 0.15) is 0 Å². The summed E-state index contributed by atoms with van der Waals surface area (Å²) in [6.45, 7) is 7.88. The van der Waals surface area contributed by atoms with Gasteiger partial charge >= 0.3 is 0 Å². The van der Waals surface area contributed by atoms with E-state index in [0.717, 1.165) is 32.8 Å². The van der Waals surface area contributed by atoms with Crippen molar-refractivity contribution in [2.75, 3.05) is 59.7 Å². The summed E-state index contributed by atoms with van der Waals surface area (Å²) in [5.74, 6) is 0. The second-order valence-electron chi connectivity index (χ2n) is 3.55. The quantitative estimate of drug-likeness (QED) is 0.678. The standard InChI is InChI=1S/C10H22N2O2.ClH/c1-13-9-10-14-8-7-12-5-2-3-11-4-6-12;/h11H,2-10H2,1H3;1H. The monoisotopic (exact) mass is 238 g/mol. The highest BCUT2D eigenvalue weighted by atomic mass is 35.5. The Morgan fingerprint density at radius 1 is 1.13 bits per heavy atom. The van der Waals surface area contributed by atoms with E-state index in [1.54, 1.807) is 7.11 Å². The normalized spacial score (nSPS) is 18.2. The van der Waals surface area contributed by atoms with E-state index in [1.807, 2.05) is 0 Å². The minimum Gasteiger partial charge on any atom is -0.382 e. The zero-order valence-corrected chi connectivity index (χ0v) is 10.4. The van der Waals surface area contributed by atoms with Crippen LogP contribution in [0.4, 0.5) is 0 Å². The Bertz CT molecular complexity index is 131. The smallest absolute Gasteiger partial charge is 0.0700 e. The number of nitrogens with zero attached hydrogens (tertiary/aromatic N) is 1. The molecular formula is C10H23ClN2O2. The number of nitrogens with one attached hydrogen (secondary N) is 1. The van der Waals surface area contributed by atoms with Crippen molar-refractivity contribution < 1.29 is 9.47 Å². The van der Waals surface area contributed by atoms with Gasteiger partial charge in [-0.15, -0.1) is 12.4 Å². The van der Waals surface area contributed by atoms with Crippen molar-refractivity contribution in [1.29, 1.82) is 0 Å². The Balaban J connectivity index is 0.00000196. The van der Waals surface area contributed by atoms with E-state index in [-0.39, 0.29) is 12.4 Å². The maximum absolute atomic E-state index is 5.43. The number of ether oxygens (including phenoxy) is 2. The molecule has 1 fully saturated rings. The molecule has 0 aliphatic carbocycles. The molecule has 0 saturated carbocycles. The summed E-state index contributed by atoms with van der Waals surface area (Å²) in [5, 5.41) is 3.39. The number of rotatable bonds is 6. The van der Waals surface area contributed by atoms with Crippen LogP contribution in [0.5, 0.6) is 0 Å². The van der Waals surface area contributed by atoms with Gasteiger partial charge in [0.05, 0.1) is 19.8 Å². The molecule has 5 heteroatoms. The molecule has 0 bridgehead atoms. The van der Waals surface area contributed by atoms with Crippen LogP contribution in [-0.4, -0.2) is 64.6 Å². The van der Waals surface area contributed by atoms with E-state index in [4.69, 9.17) is 9.47 Å². The molecule has 0 aromatic heterocycles. The van der Waals surface area contributed by atoms with Gasteiger partial charge in [0.15, 0.2) is 0 Å². The van der Waals surface area contributed by atoms with Crippen LogP contribution in [0.1, 0.15) is 6.42 Å². The first-order valence-electron chi connectivity index (χ1n) is 5.43. The minimum absolute atomic E-state index is 0. The van der Waals surface area contributed by atoms with E-state index < -0.39 is 0 Å². The summed E-state index contributed by atoms with van der Waals surface area (Å²) in [4.78, 5) is 2.45. The fourth-order valence-electron chi connectivity index (χ4n) is 1.56. The van der Waals surface area contributed by atoms with E-state index in [2.05, 4.69) is 10.2 Å². The number of halogens is 1. The average molecular weight is 239 g/mol. The van der Waals surface area contributed by atoms with Crippen molar-refractivity contribution in [3.63, 3.8) is 0 Å². The first kappa shape index (κ1) is 15.1. The van der Waals surface area contributed by atoms with Gasteiger partial charge < -0.3 is 14.8 Å². The average Bonchev–Trinajstić information content (AvgIpc) is 2.46. The molecule has 0 spiro atoms. The lowest BCUT2D eigenvalue weighted by Gasteiger charge is -2.18. The maximum atomic E-state index is 5.43. The number of methoxy groups -OCH3 is 1. The zero-order valence-electron chi connectivity index (χ0n) is 9.54. The lowest BCUT2D eigenvalue weighted by Crippen LogP contribution is -2.31. The van der Waals surface area contributed by atoms with Crippen LogP contribution in [0.25, 0.3) is 0 Å². The van der Waals surface area contributed by atoms with Gasteiger partial charge in [0.2, 0.25) is 0 Å². The van der Waals surface area contributed by atoms with Gasteiger partial charge in [0.25, 0.3) is 0 Å². The highest BCUT2D eigenvalue weighted by Crippen LogP contribution is 1.94. The van der Waals surface area contributed by atoms with Gasteiger partial charge in [-0.05, 0) is 19.5 Å².